The molecular formula is C11H19N. The van der Waals surface area contributed by atoms with Gasteiger partial charge in [0.25, 0.3) is 0 Å². The van der Waals surface area contributed by atoms with E-state index in [1.165, 1.54) is 0 Å². The molecule has 0 aromatic heterocycles. The van der Waals surface area contributed by atoms with Crippen molar-refractivity contribution in [3.8, 4) is 0 Å². The summed E-state index contributed by atoms with van der Waals surface area (Å²) in [5, 5.41) is 0. The number of nitrogens with two attached hydrogens (primary N) is 1. The number of rotatable bonds is 4. The van der Waals surface area contributed by atoms with Crippen molar-refractivity contribution in [1.82, 2.24) is 0 Å². The molecule has 0 aliphatic heterocycles. The molecule has 0 unspecified atom stereocenters. The molecule has 0 aliphatic carbocycles. The lowest BCUT2D eigenvalue weighted by Crippen LogP contribution is -1.90. The molecule has 0 rings (SSSR count). The van der Waals surface area contributed by atoms with Crippen LogP contribution in [0.15, 0.2) is 36.1 Å². The topological polar surface area (TPSA) is 26.0 Å². The molecule has 0 amide bonds. The van der Waals surface area contributed by atoms with E-state index in [-0.39, 0.29) is 0 Å². The first-order chi connectivity index (χ1) is 5.66. The third kappa shape index (κ3) is 7.13. The van der Waals surface area contributed by atoms with Crippen LogP contribution in [-0.2, 0) is 0 Å². The highest BCUT2D eigenvalue weighted by Crippen LogP contribution is 2.00. The van der Waals surface area contributed by atoms with Gasteiger partial charge in [-0.05, 0) is 31.4 Å². The Labute approximate surface area is 75.7 Å². The highest BCUT2D eigenvalue weighted by molar-refractivity contribution is 5.19. The van der Waals surface area contributed by atoms with Gasteiger partial charge < -0.3 is 5.73 Å². The Balaban J connectivity index is 3.78. The minimum atomic E-state index is 0.720. The fourth-order valence-corrected chi connectivity index (χ4v) is 0.778. The van der Waals surface area contributed by atoms with E-state index in [0.717, 1.165) is 18.0 Å². The molecule has 0 spiro atoms. The highest BCUT2D eigenvalue weighted by Gasteiger charge is 1.85. The van der Waals surface area contributed by atoms with Gasteiger partial charge in [-0.2, -0.15) is 0 Å². The summed E-state index contributed by atoms with van der Waals surface area (Å²) in [5.74, 6) is 0.720. The third-order valence-corrected chi connectivity index (χ3v) is 1.39. The quantitative estimate of drug-likeness (QED) is 0.637. The van der Waals surface area contributed by atoms with E-state index in [2.05, 4.69) is 19.9 Å². The summed E-state index contributed by atoms with van der Waals surface area (Å²) in [4.78, 5) is 0. The zero-order chi connectivity index (χ0) is 9.40. The molecule has 1 nitrogen and oxygen atoms in total. The minimum absolute atomic E-state index is 0.720. The zero-order valence-corrected chi connectivity index (χ0v) is 8.25. The predicted octanol–water partition coefficient (Wildman–Crippen LogP) is 3.01. The monoisotopic (exact) mass is 165 g/mol. The average molecular weight is 165 g/mol. The first kappa shape index (κ1) is 11.0. The van der Waals surface area contributed by atoms with Crippen molar-refractivity contribution in [2.45, 2.75) is 27.2 Å². The lowest BCUT2D eigenvalue weighted by atomic mass is 10.1. The average Bonchev–Trinajstić information content (AvgIpc) is 1.98. The maximum Gasteiger partial charge on any atom is 0.0310 e. The molecule has 0 saturated carbocycles. The highest BCUT2D eigenvalue weighted by atomic mass is 14.5. The predicted molar refractivity (Wildman–Crippen MR) is 55.7 cm³/mol. The third-order valence-electron chi connectivity index (χ3n) is 1.39. The molecule has 0 aliphatic rings. The first-order valence-electron chi connectivity index (χ1n) is 4.41. The van der Waals surface area contributed by atoms with Crippen molar-refractivity contribution >= 4 is 0 Å². The molecule has 0 bridgehead atoms. The lowest BCUT2D eigenvalue weighted by molar-refractivity contribution is 0.664. The number of hydrogen-bond donors (Lipinski definition) is 1. The fraction of sp³-hybridized carbons (Fsp3) is 0.455. The largest absolute Gasteiger partial charge is 0.399 e. The zero-order valence-electron chi connectivity index (χ0n) is 8.25. The summed E-state index contributed by atoms with van der Waals surface area (Å²) >= 11 is 0. The van der Waals surface area contributed by atoms with Gasteiger partial charge in [0.15, 0.2) is 0 Å². The minimum Gasteiger partial charge on any atom is -0.399 e. The van der Waals surface area contributed by atoms with Crippen LogP contribution in [0.5, 0.6) is 0 Å². The normalized spacial score (nSPS) is 13.8. The van der Waals surface area contributed by atoms with Gasteiger partial charge >= 0.3 is 0 Å². The van der Waals surface area contributed by atoms with Crippen molar-refractivity contribution in [2.24, 2.45) is 11.7 Å². The van der Waals surface area contributed by atoms with Crippen LogP contribution in [0.4, 0.5) is 0 Å². The molecule has 2 N–H and O–H groups in total. The van der Waals surface area contributed by atoms with Crippen molar-refractivity contribution < 1.29 is 0 Å². The SMILES string of the molecule is C\C=C/C(N)=C\C=C\CC(C)C. The van der Waals surface area contributed by atoms with E-state index >= 15 is 0 Å². The van der Waals surface area contributed by atoms with Crippen molar-refractivity contribution in [3.63, 3.8) is 0 Å². The van der Waals surface area contributed by atoms with E-state index in [9.17, 15) is 0 Å². The maximum atomic E-state index is 5.62. The Morgan fingerprint density at radius 3 is 2.58 bits per heavy atom. The van der Waals surface area contributed by atoms with Crippen molar-refractivity contribution in [1.29, 1.82) is 0 Å². The van der Waals surface area contributed by atoms with Gasteiger partial charge in [-0.3, -0.25) is 0 Å². The molecule has 0 radical (unpaired) electrons. The molecule has 1 heteroatoms. The van der Waals surface area contributed by atoms with Crippen LogP contribution in [0.25, 0.3) is 0 Å². The van der Waals surface area contributed by atoms with E-state index in [1.54, 1.807) is 0 Å². The van der Waals surface area contributed by atoms with Crippen LogP contribution in [0.1, 0.15) is 27.2 Å². The van der Waals surface area contributed by atoms with Crippen molar-refractivity contribution in [3.05, 3.63) is 36.1 Å². The van der Waals surface area contributed by atoms with Gasteiger partial charge in [-0.1, -0.05) is 32.1 Å². The van der Waals surface area contributed by atoms with Crippen LogP contribution in [0, 0.1) is 5.92 Å². The molecule has 0 saturated heterocycles. The van der Waals surface area contributed by atoms with Gasteiger partial charge in [-0.15, -0.1) is 0 Å². The van der Waals surface area contributed by atoms with Gasteiger partial charge in [0.05, 0.1) is 0 Å². The van der Waals surface area contributed by atoms with Gasteiger partial charge in [0.2, 0.25) is 0 Å². The summed E-state index contributed by atoms with van der Waals surface area (Å²) in [6.07, 6.45) is 11.0. The molecule has 0 aromatic carbocycles. The molecule has 12 heavy (non-hydrogen) atoms. The Hall–Kier alpha value is -0.980. The standard InChI is InChI=1S/C11H19N/c1-4-7-11(12)9-6-5-8-10(2)3/h4-7,9-10H,8,12H2,1-3H3/b6-5+,7-4-,11-9+. The first-order valence-corrected chi connectivity index (χ1v) is 4.41. The molecule has 68 valence electrons. The Morgan fingerprint density at radius 1 is 1.42 bits per heavy atom. The van der Waals surface area contributed by atoms with Gasteiger partial charge in [-0.25, -0.2) is 0 Å². The number of allylic oxidation sites excluding steroid dienone is 5. The second kappa shape index (κ2) is 6.71. The summed E-state index contributed by atoms with van der Waals surface area (Å²) in [5.41, 5.74) is 6.43. The molecule has 0 atom stereocenters. The molecule has 0 heterocycles. The Kier molecular flexibility index (Phi) is 6.16. The van der Waals surface area contributed by atoms with E-state index in [1.807, 2.05) is 31.2 Å². The van der Waals surface area contributed by atoms with E-state index in [4.69, 9.17) is 5.73 Å². The molecular weight excluding hydrogens is 146 g/mol. The second-order valence-electron chi connectivity index (χ2n) is 3.22. The summed E-state index contributed by atoms with van der Waals surface area (Å²) in [7, 11) is 0. The van der Waals surface area contributed by atoms with Crippen LogP contribution in [-0.4, -0.2) is 0 Å². The second-order valence-corrected chi connectivity index (χ2v) is 3.22. The fourth-order valence-electron chi connectivity index (χ4n) is 0.778. The van der Waals surface area contributed by atoms with Crippen LogP contribution >= 0.6 is 0 Å². The van der Waals surface area contributed by atoms with Crippen molar-refractivity contribution in [2.75, 3.05) is 0 Å². The van der Waals surface area contributed by atoms with Gasteiger partial charge in [0, 0.05) is 5.70 Å². The van der Waals surface area contributed by atoms with Crippen LogP contribution in [0.2, 0.25) is 0 Å². The van der Waals surface area contributed by atoms with Gasteiger partial charge in [0.1, 0.15) is 0 Å². The summed E-state index contributed by atoms with van der Waals surface area (Å²) in [6.45, 7) is 6.35. The van der Waals surface area contributed by atoms with E-state index < -0.39 is 0 Å². The Morgan fingerprint density at radius 2 is 2.08 bits per heavy atom. The molecule has 0 fully saturated rings. The summed E-state index contributed by atoms with van der Waals surface area (Å²) < 4.78 is 0. The van der Waals surface area contributed by atoms with Crippen LogP contribution < -0.4 is 5.73 Å². The smallest absolute Gasteiger partial charge is 0.0310 e. The summed E-state index contributed by atoms with van der Waals surface area (Å²) in [6, 6.07) is 0. The molecule has 0 aromatic rings. The number of hydrogen-bond acceptors (Lipinski definition) is 1. The lowest BCUT2D eigenvalue weighted by Gasteiger charge is -1.95. The Bertz CT molecular complexity index is 185. The maximum absolute atomic E-state index is 5.62. The van der Waals surface area contributed by atoms with E-state index in [0.29, 0.717) is 0 Å². The van der Waals surface area contributed by atoms with Crippen LogP contribution in [0.3, 0.4) is 0 Å².